The standard InChI is InChI=1S/C28H33FN5O7PS/c1-18-8-7-9-19(22(29)14-18)15-31-26(37)21-16-34-23(25(36)24(21)35)27(38)32(2)28(43-17-40-3)33(34)12-13-42(30,39)41-20-10-5-4-6-11-20/h4-7,9-11,14,16,28,36H,8,12-13,15,17H2,1-3H3,(H2,30,39)(H,31,37)/t28-,42?/m0/s1. The third kappa shape index (κ3) is 7.39. The highest BCUT2D eigenvalue weighted by molar-refractivity contribution is 7.99. The molecule has 0 radical (unpaired) electrons. The number of ether oxygens (including phenoxy) is 1. The van der Waals surface area contributed by atoms with Gasteiger partial charge in [-0.05, 0) is 31.6 Å². The van der Waals surface area contributed by atoms with Gasteiger partial charge < -0.3 is 24.6 Å². The molecular formula is C28H33FN5O7PS. The van der Waals surface area contributed by atoms with Crippen LogP contribution in [0.4, 0.5) is 4.39 Å². The fourth-order valence-corrected chi connectivity index (χ4v) is 6.48. The van der Waals surface area contributed by atoms with E-state index < -0.39 is 53.1 Å². The molecule has 1 aliphatic heterocycles. The van der Waals surface area contributed by atoms with E-state index in [4.69, 9.17) is 14.8 Å². The number of rotatable bonds is 11. The molecule has 2 heterocycles. The maximum atomic E-state index is 14.6. The van der Waals surface area contributed by atoms with Crippen LogP contribution in [0.15, 0.2) is 76.5 Å². The molecule has 0 fully saturated rings. The molecule has 0 saturated heterocycles. The first-order valence-corrected chi connectivity index (χ1v) is 16.1. The number of para-hydroxylation sites is 1. The predicted molar refractivity (Wildman–Crippen MR) is 163 cm³/mol. The predicted octanol–water partition coefficient (Wildman–Crippen LogP) is 3.29. The third-order valence-electron chi connectivity index (χ3n) is 6.65. The molecule has 2 aliphatic rings. The van der Waals surface area contributed by atoms with Crippen molar-refractivity contribution >= 4 is 31.1 Å². The van der Waals surface area contributed by atoms with E-state index >= 15 is 0 Å². The van der Waals surface area contributed by atoms with Crippen LogP contribution >= 0.6 is 19.3 Å². The molecule has 43 heavy (non-hydrogen) atoms. The highest BCUT2D eigenvalue weighted by atomic mass is 32.2. The van der Waals surface area contributed by atoms with Crippen LogP contribution in [-0.4, -0.2) is 71.3 Å². The van der Waals surface area contributed by atoms with Gasteiger partial charge in [-0.3, -0.25) is 28.6 Å². The maximum absolute atomic E-state index is 14.6. The van der Waals surface area contributed by atoms with Crippen LogP contribution in [0.3, 0.4) is 0 Å². The molecule has 1 aliphatic carbocycles. The molecule has 1 aromatic carbocycles. The number of carbonyl (C=O) groups excluding carboxylic acids is 2. The Kier molecular flexibility index (Phi) is 10.2. The Labute approximate surface area is 252 Å². The van der Waals surface area contributed by atoms with Crippen LogP contribution < -0.4 is 25.8 Å². The summed E-state index contributed by atoms with van der Waals surface area (Å²) in [5.74, 6) is -2.58. The zero-order valence-electron chi connectivity index (χ0n) is 23.9. The van der Waals surface area contributed by atoms with Gasteiger partial charge in [0.2, 0.25) is 5.43 Å². The van der Waals surface area contributed by atoms with E-state index in [2.05, 4.69) is 5.32 Å². The summed E-state index contributed by atoms with van der Waals surface area (Å²) >= 11 is 1.19. The molecule has 12 nitrogen and oxygen atoms in total. The summed E-state index contributed by atoms with van der Waals surface area (Å²) in [6.07, 6.45) is 6.16. The van der Waals surface area contributed by atoms with Crippen LogP contribution in [0.25, 0.3) is 0 Å². The number of thioether (sulfide) groups is 1. The summed E-state index contributed by atoms with van der Waals surface area (Å²) in [6, 6.07) is 8.39. The molecule has 2 aromatic rings. The summed E-state index contributed by atoms with van der Waals surface area (Å²) < 4.78 is 39.7. The Morgan fingerprint density at radius 3 is 2.70 bits per heavy atom. The highest BCUT2D eigenvalue weighted by Gasteiger charge is 2.40. The number of nitrogens with two attached hydrogens (primary N) is 1. The number of amides is 2. The fraction of sp³-hybridized carbons (Fsp3) is 0.321. The Morgan fingerprint density at radius 2 is 2.00 bits per heavy atom. The molecule has 230 valence electrons. The number of nitrogens with one attached hydrogen (secondary N) is 1. The smallest absolute Gasteiger partial charge is 0.315 e. The van der Waals surface area contributed by atoms with Crippen molar-refractivity contribution in [2.75, 3.05) is 44.4 Å². The first kappa shape index (κ1) is 32.1. The topological polar surface area (TPSA) is 156 Å². The zero-order valence-corrected chi connectivity index (χ0v) is 25.6. The second kappa shape index (κ2) is 13.6. The van der Waals surface area contributed by atoms with Crippen molar-refractivity contribution in [3.8, 4) is 11.5 Å². The van der Waals surface area contributed by atoms with Gasteiger partial charge in [0.05, 0.1) is 12.1 Å². The van der Waals surface area contributed by atoms with Gasteiger partial charge in [0.1, 0.15) is 17.1 Å². The number of aromatic nitrogens is 1. The van der Waals surface area contributed by atoms with Crippen molar-refractivity contribution in [2.45, 2.75) is 18.8 Å². The lowest BCUT2D eigenvalue weighted by atomic mass is 10.1. The number of aromatic hydroxyl groups is 1. The summed E-state index contributed by atoms with van der Waals surface area (Å²) in [6.45, 7) is 1.48. The lowest BCUT2D eigenvalue weighted by Gasteiger charge is -2.44. The van der Waals surface area contributed by atoms with Gasteiger partial charge >= 0.3 is 7.52 Å². The van der Waals surface area contributed by atoms with Gasteiger partial charge in [-0.25, -0.2) is 9.89 Å². The number of nitrogens with zero attached hydrogens (tertiary/aromatic N) is 3. The van der Waals surface area contributed by atoms with Crippen molar-refractivity contribution in [1.29, 1.82) is 0 Å². The van der Waals surface area contributed by atoms with E-state index in [0.29, 0.717) is 12.2 Å². The van der Waals surface area contributed by atoms with Gasteiger partial charge in [0.15, 0.2) is 16.9 Å². The molecule has 2 amide bonds. The van der Waals surface area contributed by atoms with E-state index in [9.17, 15) is 28.4 Å². The normalized spacial score (nSPS) is 18.1. The molecule has 1 aromatic heterocycles. The molecule has 0 saturated carbocycles. The minimum atomic E-state index is -3.73. The number of methoxy groups -OCH3 is 1. The average molecular weight is 634 g/mol. The van der Waals surface area contributed by atoms with Gasteiger partial charge in [-0.1, -0.05) is 47.7 Å². The Bertz CT molecular complexity index is 1590. The minimum Gasteiger partial charge on any atom is -0.502 e. The minimum absolute atomic E-state index is 0.0788. The quantitative estimate of drug-likeness (QED) is 0.248. The van der Waals surface area contributed by atoms with Crippen molar-refractivity contribution in [2.24, 2.45) is 5.50 Å². The Morgan fingerprint density at radius 1 is 1.28 bits per heavy atom. The zero-order chi connectivity index (χ0) is 31.3. The maximum Gasteiger partial charge on any atom is 0.315 e. The lowest BCUT2D eigenvalue weighted by Crippen LogP contribution is -2.60. The molecule has 4 N–H and O–H groups in total. The first-order chi connectivity index (χ1) is 20.4. The molecule has 15 heteroatoms. The first-order valence-electron chi connectivity index (χ1n) is 13.2. The SMILES string of the molecule is COCS[C@H]1N(C)C(=O)c2c(O)c(=O)c(C(=O)NCC3=C(F)C=C(C)CC=C3)cn2N1CCP(N)(=O)Oc1ccccc1. The van der Waals surface area contributed by atoms with Crippen molar-refractivity contribution in [3.63, 3.8) is 0 Å². The third-order valence-corrected chi connectivity index (χ3v) is 9.22. The van der Waals surface area contributed by atoms with Gasteiger partial charge in [-0.2, -0.15) is 0 Å². The van der Waals surface area contributed by atoms with Crippen LogP contribution in [0.2, 0.25) is 0 Å². The van der Waals surface area contributed by atoms with E-state index in [-0.39, 0.29) is 30.8 Å². The van der Waals surface area contributed by atoms with Crippen LogP contribution in [0, 0.1) is 0 Å². The van der Waals surface area contributed by atoms with Crippen LogP contribution in [-0.2, 0) is 9.30 Å². The molecule has 2 atom stereocenters. The average Bonchev–Trinajstić information content (AvgIpc) is 3.13. The second-order valence-corrected chi connectivity index (χ2v) is 13.0. The Hall–Kier alpha value is -3.84. The summed E-state index contributed by atoms with van der Waals surface area (Å²) in [7, 11) is -0.783. The van der Waals surface area contributed by atoms with E-state index in [0.717, 1.165) is 11.8 Å². The summed E-state index contributed by atoms with van der Waals surface area (Å²) in [5.41, 5.74) is 4.32. The summed E-state index contributed by atoms with van der Waals surface area (Å²) in [5, 5.41) is 14.9. The number of allylic oxidation sites excluding steroid dienone is 4. The number of pyridine rings is 1. The number of benzene rings is 1. The number of hydrogen-bond donors (Lipinski definition) is 3. The summed E-state index contributed by atoms with van der Waals surface area (Å²) in [4.78, 5) is 40.9. The Balaban J connectivity index is 1.68. The van der Waals surface area contributed by atoms with Crippen LogP contribution in [0.1, 0.15) is 34.2 Å². The monoisotopic (exact) mass is 633 g/mol. The lowest BCUT2D eigenvalue weighted by molar-refractivity contribution is 0.0707. The molecule has 1 unspecified atom stereocenters. The largest absolute Gasteiger partial charge is 0.502 e. The fourth-order valence-electron chi connectivity index (χ4n) is 4.47. The van der Waals surface area contributed by atoms with Gasteiger partial charge in [0, 0.05) is 39.0 Å². The van der Waals surface area contributed by atoms with Crippen molar-refractivity contribution in [3.05, 3.63) is 93.2 Å². The number of fused-ring (bicyclic) bond motifs is 1. The van der Waals surface area contributed by atoms with E-state index in [1.54, 1.807) is 49.4 Å². The number of halogens is 1. The molecule has 4 rings (SSSR count). The van der Waals surface area contributed by atoms with Crippen molar-refractivity contribution in [1.82, 2.24) is 14.9 Å². The van der Waals surface area contributed by atoms with E-state index in [1.807, 2.05) is 0 Å². The van der Waals surface area contributed by atoms with Gasteiger partial charge in [-0.15, -0.1) is 0 Å². The number of carbonyl (C=O) groups is 2. The molecule has 0 spiro atoms. The van der Waals surface area contributed by atoms with Crippen molar-refractivity contribution < 1.29 is 32.9 Å². The highest BCUT2D eigenvalue weighted by Crippen LogP contribution is 2.39. The molecular weight excluding hydrogens is 600 g/mol. The second-order valence-electron chi connectivity index (χ2n) is 9.90. The molecule has 0 bridgehead atoms. The van der Waals surface area contributed by atoms with Gasteiger partial charge in [0.25, 0.3) is 11.8 Å². The number of hydrogen-bond acceptors (Lipinski definition) is 9. The van der Waals surface area contributed by atoms with Crippen LogP contribution in [0.5, 0.6) is 11.5 Å². The van der Waals surface area contributed by atoms with E-state index in [1.165, 1.54) is 46.6 Å².